The molecular formula is C14H25N3. The summed E-state index contributed by atoms with van der Waals surface area (Å²) in [6, 6.07) is 5.74. The van der Waals surface area contributed by atoms with Gasteiger partial charge >= 0.3 is 0 Å². The molecule has 0 saturated heterocycles. The first-order valence-corrected chi connectivity index (χ1v) is 6.56. The Morgan fingerprint density at radius 3 is 2.53 bits per heavy atom. The molecule has 0 saturated carbocycles. The SMILES string of the molecule is CCCCC(CC)CNc1ccc(N)c(N)c1. The molecule has 1 atom stereocenters. The minimum atomic E-state index is 0.647. The van der Waals surface area contributed by atoms with Crippen LogP contribution in [0.2, 0.25) is 0 Å². The van der Waals surface area contributed by atoms with Crippen LogP contribution in [0.3, 0.4) is 0 Å². The van der Waals surface area contributed by atoms with Crippen molar-refractivity contribution in [2.24, 2.45) is 5.92 Å². The monoisotopic (exact) mass is 235 g/mol. The van der Waals surface area contributed by atoms with Crippen molar-refractivity contribution < 1.29 is 0 Å². The zero-order chi connectivity index (χ0) is 12.7. The zero-order valence-electron chi connectivity index (χ0n) is 11.0. The van der Waals surface area contributed by atoms with Gasteiger partial charge in [0.2, 0.25) is 0 Å². The van der Waals surface area contributed by atoms with Crippen molar-refractivity contribution in [3.8, 4) is 0 Å². The van der Waals surface area contributed by atoms with Gasteiger partial charge in [-0.25, -0.2) is 0 Å². The summed E-state index contributed by atoms with van der Waals surface area (Å²) in [5.74, 6) is 0.744. The van der Waals surface area contributed by atoms with Gasteiger partial charge in [-0.3, -0.25) is 0 Å². The number of nitrogens with two attached hydrogens (primary N) is 2. The molecule has 1 aromatic carbocycles. The summed E-state index contributed by atoms with van der Waals surface area (Å²) in [6.07, 6.45) is 5.09. The molecule has 0 aliphatic heterocycles. The van der Waals surface area contributed by atoms with E-state index in [4.69, 9.17) is 11.5 Å². The van der Waals surface area contributed by atoms with E-state index in [1.807, 2.05) is 18.2 Å². The van der Waals surface area contributed by atoms with Gasteiger partial charge in [0.05, 0.1) is 11.4 Å². The van der Waals surface area contributed by atoms with E-state index >= 15 is 0 Å². The molecule has 1 rings (SSSR count). The Bertz CT molecular complexity index is 336. The summed E-state index contributed by atoms with van der Waals surface area (Å²) >= 11 is 0. The summed E-state index contributed by atoms with van der Waals surface area (Å²) in [6.45, 7) is 5.50. The lowest BCUT2D eigenvalue weighted by Crippen LogP contribution is -2.13. The molecule has 0 amide bonds. The molecule has 17 heavy (non-hydrogen) atoms. The smallest absolute Gasteiger partial charge is 0.0568 e. The number of hydrogen-bond acceptors (Lipinski definition) is 3. The third-order valence-corrected chi connectivity index (χ3v) is 3.22. The summed E-state index contributed by atoms with van der Waals surface area (Å²) in [7, 11) is 0. The quantitative estimate of drug-likeness (QED) is 0.634. The van der Waals surface area contributed by atoms with Crippen LogP contribution < -0.4 is 16.8 Å². The largest absolute Gasteiger partial charge is 0.397 e. The fourth-order valence-electron chi connectivity index (χ4n) is 1.89. The van der Waals surface area contributed by atoms with Crippen molar-refractivity contribution in [2.45, 2.75) is 39.5 Å². The molecule has 0 heterocycles. The van der Waals surface area contributed by atoms with Gasteiger partial charge in [-0.15, -0.1) is 0 Å². The third kappa shape index (κ3) is 4.55. The maximum absolute atomic E-state index is 5.77. The standard InChI is InChI=1S/C14H25N3/c1-3-5-6-11(4-2)10-17-12-7-8-13(15)14(16)9-12/h7-9,11,17H,3-6,10,15-16H2,1-2H3. The van der Waals surface area contributed by atoms with Crippen LogP contribution in [-0.2, 0) is 0 Å². The molecule has 0 fully saturated rings. The zero-order valence-corrected chi connectivity index (χ0v) is 11.0. The van der Waals surface area contributed by atoms with E-state index < -0.39 is 0 Å². The van der Waals surface area contributed by atoms with E-state index in [2.05, 4.69) is 19.2 Å². The van der Waals surface area contributed by atoms with Gasteiger partial charge in [0, 0.05) is 12.2 Å². The van der Waals surface area contributed by atoms with Crippen molar-refractivity contribution in [3.63, 3.8) is 0 Å². The first-order chi connectivity index (χ1) is 8.17. The van der Waals surface area contributed by atoms with Gasteiger partial charge in [-0.1, -0.05) is 33.1 Å². The summed E-state index contributed by atoms with van der Waals surface area (Å²) in [5, 5.41) is 3.44. The van der Waals surface area contributed by atoms with Gasteiger partial charge in [0.15, 0.2) is 0 Å². The number of rotatable bonds is 7. The van der Waals surface area contributed by atoms with Crippen molar-refractivity contribution in [1.82, 2.24) is 0 Å². The fourth-order valence-corrected chi connectivity index (χ4v) is 1.89. The number of hydrogen-bond donors (Lipinski definition) is 3. The molecule has 96 valence electrons. The van der Waals surface area contributed by atoms with E-state index in [-0.39, 0.29) is 0 Å². The number of benzene rings is 1. The minimum Gasteiger partial charge on any atom is -0.397 e. The second-order valence-electron chi connectivity index (χ2n) is 4.64. The lowest BCUT2D eigenvalue weighted by molar-refractivity contribution is 0.473. The number of nitrogens with one attached hydrogen (secondary N) is 1. The maximum Gasteiger partial charge on any atom is 0.0568 e. The summed E-state index contributed by atoms with van der Waals surface area (Å²) in [5.41, 5.74) is 13.8. The third-order valence-electron chi connectivity index (χ3n) is 3.22. The average Bonchev–Trinajstić information content (AvgIpc) is 2.34. The average molecular weight is 235 g/mol. The molecule has 5 N–H and O–H groups in total. The van der Waals surface area contributed by atoms with Crippen molar-refractivity contribution in [3.05, 3.63) is 18.2 Å². The predicted molar refractivity (Wildman–Crippen MR) is 77.1 cm³/mol. The van der Waals surface area contributed by atoms with Crippen LogP contribution in [0, 0.1) is 5.92 Å². The van der Waals surface area contributed by atoms with Crippen LogP contribution >= 0.6 is 0 Å². The van der Waals surface area contributed by atoms with Gasteiger partial charge in [0.1, 0.15) is 0 Å². The van der Waals surface area contributed by atoms with Crippen LogP contribution in [0.5, 0.6) is 0 Å². The second-order valence-corrected chi connectivity index (χ2v) is 4.64. The molecule has 0 aromatic heterocycles. The fraction of sp³-hybridized carbons (Fsp3) is 0.571. The molecule has 3 heteroatoms. The number of nitrogen functional groups attached to an aromatic ring is 2. The van der Waals surface area contributed by atoms with E-state index in [1.54, 1.807) is 0 Å². The molecular weight excluding hydrogens is 210 g/mol. The maximum atomic E-state index is 5.77. The molecule has 0 aliphatic rings. The van der Waals surface area contributed by atoms with Crippen LogP contribution in [-0.4, -0.2) is 6.54 Å². The Labute approximate surface area is 105 Å². The Balaban J connectivity index is 2.45. The Hall–Kier alpha value is -1.38. The minimum absolute atomic E-state index is 0.647. The number of anilines is 3. The Morgan fingerprint density at radius 2 is 1.94 bits per heavy atom. The molecule has 0 aliphatic carbocycles. The highest BCUT2D eigenvalue weighted by Crippen LogP contribution is 2.20. The highest BCUT2D eigenvalue weighted by atomic mass is 14.9. The highest BCUT2D eigenvalue weighted by molar-refractivity contribution is 5.69. The molecule has 3 nitrogen and oxygen atoms in total. The van der Waals surface area contributed by atoms with Crippen LogP contribution in [0.15, 0.2) is 18.2 Å². The van der Waals surface area contributed by atoms with Gasteiger partial charge < -0.3 is 16.8 Å². The highest BCUT2D eigenvalue weighted by Gasteiger charge is 2.05. The lowest BCUT2D eigenvalue weighted by atomic mass is 9.99. The van der Waals surface area contributed by atoms with E-state index in [1.165, 1.54) is 25.7 Å². The van der Waals surface area contributed by atoms with E-state index in [0.29, 0.717) is 11.4 Å². The first kappa shape index (κ1) is 13.7. The topological polar surface area (TPSA) is 64.1 Å². The molecule has 1 aromatic rings. The summed E-state index contributed by atoms with van der Waals surface area (Å²) < 4.78 is 0. The van der Waals surface area contributed by atoms with E-state index in [0.717, 1.165) is 18.2 Å². The predicted octanol–water partition coefficient (Wildman–Crippen LogP) is 3.48. The van der Waals surface area contributed by atoms with Crippen molar-refractivity contribution in [1.29, 1.82) is 0 Å². The molecule has 0 bridgehead atoms. The summed E-state index contributed by atoms with van der Waals surface area (Å²) in [4.78, 5) is 0. The van der Waals surface area contributed by atoms with Crippen molar-refractivity contribution in [2.75, 3.05) is 23.3 Å². The molecule has 0 spiro atoms. The van der Waals surface area contributed by atoms with Gasteiger partial charge in [0.25, 0.3) is 0 Å². The lowest BCUT2D eigenvalue weighted by Gasteiger charge is -2.16. The molecule has 0 radical (unpaired) electrons. The van der Waals surface area contributed by atoms with Gasteiger partial charge in [-0.2, -0.15) is 0 Å². The Morgan fingerprint density at radius 1 is 1.18 bits per heavy atom. The number of unbranched alkanes of at least 4 members (excludes halogenated alkanes) is 1. The van der Waals surface area contributed by atoms with Crippen molar-refractivity contribution >= 4 is 17.1 Å². The van der Waals surface area contributed by atoms with Crippen LogP contribution in [0.25, 0.3) is 0 Å². The first-order valence-electron chi connectivity index (χ1n) is 6.56. The second kappa shape index (κ2) is 7.05. The van der Waals surface area contributed by atoms with Gasteiger partial charge in [-0.05, 0) is 30.5 Å². The van der Waals surface area contributed by atoms with Crippen LogP contribution in [0.1, 0.15) is 39.5 Å². The van der Waals surface area contributed by atoms with E-state index in [9.17, 15) is 0 Å². The Kier molecular flexibility index (Phi) is 5.67. The van der Waals surface area contributed by atoms with Crippen LogP contribution in [0.4, 0.5) is 17.1 Å². The normalized spacial score (nSPS) is 12.4. The molecule has 1 unspecified atom stereocenters.